The standard InChI is InChI=1S/C11H14O2S2/c1-2-3-5-13-10-9(7-12)15-8-4-6-14-11(8)10/h4,6,12H,2-3,5,7H2,1H3. The van der Waals surface area contributed by atoms with Gasteiger partial charge in [0.2, 0.25) is 0 Å². The SMILES string of the molecule is CCCCOc1c(CO)sc2ccsc12. The average molecular weight is 242 g/mol. The number of aliphatic hydroxyl groups is 1. The number of unbranched alkanes of at least 4 members (excludes halogenated alkanes) is 1. The molecule has 0 aliphatic rings. The third-order valence-electron chi connectivity index (χ3n) is 2.21. The molecular weight excluding hydrogens is 228 g/mol. The molecule has 0 bridgehead atoms. The molecule has 0 aliphatic heterocycles. The number of hydrogen-bond acceptors (Lipinski definition) is 4. The first-order valence-electron chi connectivity index (χ1n) is 5.09. The molecule has 1 N–H and O–H groups in total. The quantitative estimate of drug-likeness (QED) is 0.811. The highest BCUT2D eigenvalue weighted by molar-refractivity contribution is 7.27. The number of ether oxygens (including phenoxy) is 1. The van der Waals surface area contributed by atoms with E-state index in [-0.39, 0.29) is 6.61 Å². The first-order chi connectivity index (χ1) is 7.36. The van der Waals surface area contributed by atoms with Gasteiger partial charge in [0.1, 0.15) is 0 Å². The summed E-state index contributed by atoms with van der Waals surface area (Å²) in [5, 5.41) is 11.3. The van der Waals surface area contributed by atoms with Gasteiger partial charge in [-0.05, 0) is 17.9 Å². The van der Waals surface area contributed by atoms with Gasteiger partial charge >= 0.3 is 0 Å². The number of aliphatic hydroxyl groups excluding tert-OH is 1. The molecular formula is C11H14O2S2. The molecule has 0 spiro atoms. The van der Waals surface area contributed by atoms with Gasteiger partial charge in [-0.15, -0.1) is 22.7 Å². The van der Waals surface area contributed by atoms with Crippen LogP contribution in [0.15, 0.2) is 11.4 Å². The maximum absolute atomic E-state index is 9.23. The van der Waals surface area contributed by atoms with Crippen LogP contribution in [-0.4, -0.2) is 11.7 Å². The molecule has 82 valence electrons. The van der Waals surface area contributed by atoms with Crippen LogP contribution in [-0.2, 0) is 6.61 Å². The highest BCUT2D eigenvalue weighted by atomic mass is 32.1. The van der Waals surface area contributed by atoms with E-state index in [1.54, 1.807) is 22.7 Å². The Bertz CT molecular complexity index is 431. The van der Waals surface area contributed by atoms with Crippen LogP contribution in [0, 0.1) is 0 Å². The number of hydrogen-bond donors (Lipinski definition) is 1. The van der Waals surface area contributed by atoms with Crippen molar-refractivity contribution < 1.29 is 9.84 Å². The minimum atomic E-state index is 0.0769. The molecule has 2 heterocycles. The lowest BCUT2D eigenvalue weighted by molar-refractivity contribution is 0.267. The van der Waals surface area contributed by atoms with Crippen molar-refractivity contribution in [1.29, 1.82) is 0 Å². The predicted molar refractivity (Wildman–Crippen MR) is 66.0 cm³/mol. The van der Waals surface area contributed by atoms with Crippen molar-refractivity contribution in [3.05, 3.63) is 16.3 Å². The van der Waals surface area contributed by atoms with Crippen LogP contribution in [0.5, 0.6) is 5.75 Å². The van der Waals surface area contributed by atoms with Gasteiger partial charge in [0.15, 0.2) is 5.75 Å². The summed E-state index contributed by atoms with van der Waals surface area (Å²) in [5.74, 6) is 0.904. The molecule has 2 aromatic rings. The molecule has 0 fully saturated rings. The zero-order valence-corrected chi connectivity index (χ0v) is 10.3. The monoisotopic (exact) mass is 242 g/mol. The van der Waals surface area contributed by atoms with Gasteiger partial charge in [-0.2, -0.15) is 0 Å². The first kappa shape index (κ1) is 10.9. The van der Waals surface area contributed by atoms with E-state index in [1.807, 2.05) is 0 Å². The molecule has 0 amide bonds. The zero-order valence-electron chi connectivity index (χ0n) is 8.66. The minimum Gasteiger partial charge on any atom is -0.491 e. The Labute approximate surface area is 97.1 Å². The number of thiophene rings is 2. The van der Waals surface area contributed by atoms with Crippen molar-refractivity contribution in [2.45, 2.75) is 26.4 Å². The second kappa shape index (κ2) is 4.96. The molecule has 2 rings (SSSR count). The van der Waals surface area contributed by atoms with E-state index < -0.39 is 0 Å². The van der Waals surface area contributed by atoms with Crippen LogP contribution in [0.3, 0.4) is 0 Å². The Balaban J connectivity index is 2.24. The predicted octanol–water partition coefficient (Wildman–Crippen LogP) is 3.63. The molecule has 4 heteroatoms. The molecule has 0 saturated heterocycles. The molecule has 2 nitrogen and oxygen atoms in total. The van der Waals surface area contributed by atoms with Crippen LogP contribution >= 0.6 is 22.7 Å². The number of fused-ring (bicyclic) bond motifs is 1. The summed E-state index contributed by atoms with van der Waals surface area (Å²) in [7, 11) is 0. The van der Waals surface area contributed by atoms with E-state index in [2.05, 4.69) is 18.4 Å². The summed E-state index contributed by atoms with van der Waals surface area (Å²) >= 11 is 3.31. The summed E-state index contributed by atoms with van der Waals surface area (Å²) in [5.41, 5.74) is 0. The Kier molecular flexibility index (Phi) is 3.61. The molecule has 0 aliphatic carbocycles. The molecule has 15 heavy (non-hydrogen) atoms. The van der Waals surface area contributed by atoms with Crippen molar-refractivity contribution in [2.24, 2.45) is 0 Å². The van der Waals surface area contributed by atoms with Crippen molar-refractivity contribution in [1.82, 2.24) is 0 Å². The highest BCUT2D eigenvalue weighted by Gasteiger charge is 2.13. The Morgan fingerprint density at radius 2 is 2.33 bits per heavy atom. The molecule has 0 radical (unpaired) electrons. The minimum absolute atomic E-state index is 0.0769. The molecule has 0 aromatic carbocycles. The topological polar surface area (TPSA) is 29.5 Å². The van der Waals surface area contributed by atoms with E-state index >= 15 is 0 Å². The van der Waals surface area contributed by atoms with Crippen LogP contribution in [0.1, 0.15) is 24.6 Å². The maximum Gasteiger partial charge on any atom is 0.153 e. The van der Waals surface area contributed by atoms with Crippen molar-refractivity contribution in [3.8, 4) is 5.75 Å². The van der Waals surface area contributed by atoms with E-state index in [1.165, 1.54) is 9.40 Å². The molecule has 2 aromatic heterocycles. The first-order valence-corrected chi connectivity index (χ1v) is 6.79. The molecule has 0 saturated carbocycles. The fraction of sp³-hybridized carbons (Fsp3) is 0.455. The zero-order chi connectivity index (χ0) is 10.7. The van der Waals surface area contributed by atoms with Crippen molar-refractivity contribution >= 4 is 32.1 Å². The fourth-order valence-electron chi connectivity index (χ4n) is 1.42. The lowest BCUT2D eigenvalue weighted by atomic mass is 10.3. The summed E-state index contributed by atoms with van der Waals surface area (Å²) in [6.07, 6.45) is 2.19. The van der Waals surface area contributed by atoms with Crippen LogP contribution < -0.4 is 4.74 Å². The van der Waals surface area contributed by atoms with Gasteiger partial charge < -0.3 is 9.84 Å². The van der Waals surface area contributed by atoms with Crippen LogP contribution in [0.4, 0.5) is 0 Å². The second-order valence-electron chi connectivity index (χ2n) is 3.33. The summed E-state index contributed by atoms with van der Waals surface area (Å²) in [4.78, 5) is 0.952. The lowest BCUT2D eigenvalue weighted by Crippen LogP contribution is -1.97. The highest BCUT2D eigenvalue weighted by Crippen LogP contribution is 2.41. The summed E-state index contributed by atoms with van der Waals surface area (Å²) < 4.78 is 8.14. The largest absolute Gasteiger partial charge is 0.491 e. The van der Waals surface area contributed by atoms with Gasteiger partial charge in [-0.3, -0.25) is 0 Å². The smallest absolute Gasteiger partial charge is 0.153 e. The van der Waals surface area contributed by atoms with E-state index in [4.69, 9.17) is 4.74 Å². The van der Waals surface area contributed by atoms with Crippen LogP contribution in [0.2, 0.25) is 0 Å². The lowest BCUT2D eigenvalue weighted by Gasteiger charge is -2.04. The van der Waals surface area contributed by atoms with E-state index in [9.17, 15) is 5.11 Å². The van der Waals surface area contributed by atoms with Crippen molar-refractivity contribution in [3.63, 3.8) is 0 Å². The number of rotatable bonds is 5. The van der Waals surface area contributed by atoms with Gasteiger partial charge in [0.05, 0.1) is 22.8 Å². The van der Waals surface area contributed by atoms with E-state index in [0.717, 1.165) is 30.1 Å². The van der Waals surface area contributed by atoms with Gasteiger partial charge in [0.25, 0.3) is 0 Å². The van der Waals surface area contributed by atoms with Crippen LogP contribution in [0.25, 0.3) is 9.40 Å². The van der Waals surface area contributed by atoms with Gasteiger partial charge in [0, 0.05) is 4.70 Å². The molecule has 0 unspecified atom stereocenters. The maximum atomic E-state index is 9.23. The summed E-state index contributed by atoms with van der Waals surface area (Å²) in [6.45, 7) is 2.96. The normalized spacial score (nSPS) is 11.1. The Hall–Kier alpha value is -0.580. The van der Waals surface area contributed by atoms with Crippen molar-refractivity contribution in [2.75, 3.05) is 6.61 Å². The second-order valence-corrected chi connectivity index (χ2v) is 5.38. The molecule has 0 atom stereocenters. The van der Waals surface area contributed by atoms with Gasteiger partial charge in [-0.25, -0.2) is 0 Å². The average Bonchev–Trinajstić information content (AvgIpc) is 2.79. The third kappa shape index (κ3) is 2.17. The van der Waals surface area contributed by atoms with E-state index in [0.29, 0.717) is 0 Å². The van der Waals surface area contributed by atoms with Gasteiger partial charge in [-0.1, -0.05) is 13.3 Å². The Morgan fingerprint density at radius 3 is 3.07 bits per heavy atom. The third-order valence-corrected chi connectivity index (χ3v) is 4.37. The fourth-order valence-corrected chi connectivity index (χ4v) is 3.56. The Morgan fingerprint density at radius 1 is 1.47 bits per heavy atom. The summed E-state index contributed by atoms with van der Waals surface area (Å²) in [6, 6.07) is 2.08.